The summed E-state index contributed by atoms with van der Waals surface area (Å²) in [4.78, 5) is 8.25. The summed E-state index contributed by atoms with van der Waals surface area (Å²) in [5.74, 6) is 0. The Morgan fingerprint density at radius 1 is 0.341 bits per heavy atom. The lowest BCUT2D eigenvalue weighted by Crippen LogP contribution is -2.16. The van der Waals surface area contributed by atoms with E-state index < -0.39 is 0 Å². The van der Waals surface area contributed by atoms with E-state index >= 15 is 0 Å². The molecule has 0 spiro atoms. The molecular formula is C78H58N4. The maximum atomic E-state index is 9.62. The minimum atomic E-state index is -0.234. The van der Waals surface area contributed by atoms with Crippen LogP contribution in [0.2, 0.25) is 0 Å². The summed E-state index contributed by atoms with van der Waals surface area (Å²) in [5, 5.41) is 9.62. The van der Waals surface area contributed by atoms with Crippen LogP contribution in [-0.4, -0.2) is 0 Å². The highest BCUT2D eigenvalue weighted by Crippen LogP contribution is 2.53. The Morgan fingerprint density at radius 2 is 0.646 bits per heavy atom. The van der Waals surface area contributed by atoms with Crippen LogP contribution in [0.5, 0.6) is 0 Å². The number of benzene rings is 11. The minimum Gasteiger partial charge on any atom is -0.311 e. The van der Waals surface area contributed by atoms with E-state index in [1.165, 1.54) is 66.8 Å². The highest BCUT2D eigenvalue weighted by molar-refractivity contribution is 5.90. The van der Waals surface area contributed by atoms with Crippen molar-refractivity contribution in [2.24, 2.45) is 0 Å². The van der Waals surface area contributed by atoms with E-state index in [2.05, 4.69) is 267 Å². The molecule has 0 saturated carbocycles. The topological polar surface area (TPSA) is 34.6 Å². The zero-order valence-corrected chi connectivity index (χ0v) is 46.3. The molecule has 13 rings (SSSR count). The van der Waals surface area contributed by atoms with Crippen molar-refractivity contribution < 1.29 is 0 Å². The molecule has 0 heterocycles. The lowest BCUT2D eigenvalue weighted by molar-refractivity contribution is 0.660. The zero-order valence-electron chi connectivity index (χ0n) is 46.3. The van der Waals surface area contributed by atoms with Gasteiger partial charge in [-0.3, -0.25) is 0 Å². The van der Waals surface area contributed by atoms with Crippen LogP contribution < -0.4 is 9.80 Å². The van der Waals surface area contributed by atoms with Gasteiger partial charge in [0.1, 0.15) is 0 Å². The van der Waals surface area contributed by atoms with Crippen molar-refractivity contribution in [1.29, 1.82) is 5.26 Å². The Hall–Kier alpha value is -10.5. The molecule has 82 heavy (non-hydrogen) atoms. The molecule has 0 saturated heterocycles. The van der Waals surface area contributed by atoms with Gasteiger partial charge in [0.05, 0.1) is 18.2 Å². The molecule has 0 N–H and O–H groups in total. The number of hydrogen-bond acceptors (Lipinski definition) is 3. The molecule has 2 aliphatic carbocycles. The number of anilines is 6. The molecule has 4 nitrogen and oxygen atoms in total. The Balaban J connectivity index is 0.711. The van der Waals surface area contributed by atoms with Gasteiger partial charge in [-0.25, -0.2) is 4.85 Å². The van der Waals surface area contributed by atoms with Gasteiger partial charge in [-0.05, 0) is 174 Å². The van der Waals surface area contributed by atoms with E-state index in [-0.39, 0.29) is 10.8 Å². The van der Waals surface area contributed by atoms with Crippen molar-refractivity contribution in [3.8, 4) is 50.6 Å². The van der Waals surface area contributed by atoms with Crippen molar-refractivity contribution in [1.82, 2.24) is 0 Å². The van der Waals surface area contributed by atoms with Gasteiger partial charge in [0, 0.05) is 45.0 Å². The van der Waals surface area contributed by atoms with E-state index in [4.69, 9.17) is 6.57 Å². The van der Waals surface area contributed by atoms with Gasteiger partial charge in [-0.2, -0.15) is 5.26 Å². The molecule has 11 aromatic carbocycles. The summed E-state index contributed by atoms with van der Waals surface area (Å²) in [5.41, 5.74) is 26.6. The van der Waals surface area contributed by atoms with Crippen molar-refractivity contribution in [3.63, 3.8) is 0 Å². The lowest BCUT2D eigenvalue weighted by atomic mass is 9.81. The first-order chi connectivity index (χ1) is 40.0. The van der Waals surface area contributed by atoms with Crippen molar-refractivity contribution in [2.75, 3.05) is 9.80 Å². The predicted octanol–water partition coefficient (Wildman–Crippen LogP) is 21.3. The summed E-state index contributed by atoms with van der Waals surface area (Å²) in [6.07, 6.45) is 8.87. The minimum absolute atomic E-state index is 0.232. The fourth-order valence-electron chi connectivity index (χ4n) is 12.2. The first kappa shape index (κ1) is 51.0. The van der Waals surface area contributed by atoms with Gasteiger partial charge in [0.2, 0.25) is 0 Å². The summed E-state index contributed by atoms with van der Waals surface area (Å²) >= 11 is 0. The molecule has 0 aliphatic heterocycles. The second kappa shape index (κ2) is 20.9. The number of fused-ring (bicyclic) bond motifs is 6. The third kappa shape index (κ3) is 9.47. The van der Waals surface area contributed by atoms with Gasteiger partial charge in [0.15, 0.2) is 5.69 Å². The van der Waals surface area contributed by atoms with Crippen LogP contribution >= 0.6 is 0 Å². The molecule has 4 heteroatoms. The molecule has 390 valence electrons. The number of nitriles is 1. The number of rotatable bonds is 12. The van der Waals surface area contributed by atoms with Gasteiger partial charge in [0.25, 0.3) is 0 Å². The van der Waals surface area contributed by atoms with Crippen LogP contribution in [0.3, 0.4) is 0 Å². The van der Waals surface area contributed by atoms with Crippen molar-refractivity contribution in [3.05, 3.63) is 316 Å². The SMILES string of the molecule is [C-]#[N+]c1ccc(N(c2ccc(-c3ccccc3)cc2)c2ccc3c(c2)C(C)(C)c2cc(/C=C/c4ccc(/C=C/c5ccc6c(c5)C(C)(C)c5cc(N(c7ccc(C#N)cc7)c7ccc(-c8ccccc8)cc7)ccc5-6)cc4)ccc2-3)cc1. The van der Waals surface area contributed by atoms with E-state index in [9.17, 15) is 5.26 Å². The number of hydrogen-bond donors (Lipinski definition) is 0. The van der Waals surface area contributed by atoms with E-state index in [1.54, 1.807) is 0 Å². The summed E-state index contributed by atoms with van der Waals surface area (Å²) in [6, 6.07) is 92.7. The lowest BCUT2D eigenvalue weighted by Gasteiger charge is -2.28. The van der Waals surface area contributed by atoms with Gasteiger partial charge < -0.3 is 9.80 Å². The molecule has 0 radical (unpaired) electrons. The van der Waals surface area contributed by atoms with Crippen molar-refractivity contribution in [2.45, 2.75) is 38.5 Å². The largest absolute Gasteiger partial charge is 0.311 e. The zero-order chi connectivity index (χ0) is 56.0. The summed E-state index contributed by atoms with van der Waals surface area (Å²) in [6.45, 7) is 16.9. The van der Waals surface area contributed by atoms with E-state index in [0.717, 1.165) is 56.4 Å². The predicted molar refractivity (Wildman–Crippen MR) is 344 cm³/mol. The average Bonchev–Trinajstić information content (AvgIpc) is 3.95. The molecule has 0 bridgehead atoms. The van der Waals surface area contributed by atoms with Gasteiger partial charge >= 0.3 is 0 Å². The highest BCUT2D eigenvalue weighted by atomic mass is 15.1. The van der Waals surface area contributed by atoms with Crippen LogP contribution in [0.4, 0.5) is 39.8 Å². The van der Waals surface area contributed by atoms with Crippen LogP contribution in [-0.2, 0) is 10.8 Å². The number of nitrogens with zero attached hydrogens (tertiary/aromatic N) is 4. The Bertz CT molecular complexity index is 4060. The summed E-state index contributed by atoms with van der Waals surface area (Å²) < 4.78 is 0. The summed E-state index contributed by atoms with van der Waals surface area (Å²) in [7, 11) is 0. The second-order valence-electron chi connectivity index (χ2n) is 22.4. The van der Waals surface area contributed by atoms with Crippen LogP contribution in [0.25, 0.3) is 73.7 Å². The Morgan fingerprint density at radius 3 is 1.02 bits per heavy atom. The van der Waals surface area contributed by atoms with Gasteiger partial charge in [-0.15, -0.1) is 0 Å². The molecule has 0 amide bonds. The molecule has 0 aromatic heterocycles. The molecule has 0 unspecified atom stereocenters. The third-order valence-electron chi connectivity index (χ3n) is 16.7. The standard InChI is InChI=1S/C78H58N4/c1-77(2)73-48-55(26-44-69(73)71-46-42-67(50-75(71)77)81(63-34-24-57(52-79)25-35-63)64-36-28-60(29-37-64)58-12-8-6-9-13-58)22-20-53-16-18-54(19-17-53)21-23-56-27-45-70-72-47-43-68(51-76(72)78(3,4)74(70)49-56)82(66-40-32-62(80-5)33-41-66)65-38-30-61(31-39-65)59-14-10-7-11-15-59/h6-51H,1-4H3/b22-20+,23-21+. The smallest absolute Gasteiger partial charge is 0.187 e. The molecular weight excluding hydrogens is 993 g/mol. The van der Waals surface area contributed by atoms with Crippen LogP contribution in [0.15, 0.2) is 255 Å². The Labute approximate surface area is 482 Å². The molecule has 2 aliphatic rings. The molecule has 0 fully saturated rings. The van der Waals surface area contributed by atoms with E-state index in [0.29, 0.717) is 11.3 Å². The Kier molecular flexibility index (Phi) is 13.0. The van der Waals surface area contributed by atoms with Crippen LogP contribution in [0.1, 0.15) is 77.8 Å². The second-order valence-corrected chi connectivity index (χ2v) is 22.4. The molecule has 11 aromatic rings. The first-order valence-electron chi connectivity index (χ1n) is 28.0. The quantitative estimate of drug-likeness (QED) is 0.0903. The van der Waals surface area contributed by atoms with Crippen molar-refractivity contribution >= 4 is 64.1 Å². The molecule has 0 atom stereocenters. The monoisotopic (exact) mass is 1050 g/mol. The highest BCUT2D eigenvalue weighted by Gasteiger charge is 2.38. The third-order valence-corrected chi connectivity index (χ3v) is 16.7. The van der Waals surface area contributed by atoms with Crippen LogP contribution in [0, 0.1) is 17.9 Å². The average molecular weight is 1050 g/mol. The fraction of sp³-hybridized carbons (Fsp3) is 0.0769. The van der Waals surface area contributed by atoms with E-state index in [1.807, 2.05) is 60.7 Å². The maximum absolute atomic E-state index is 9.62. The fourth-order valence-corrected chi connectivity index (χ4v) is 12.2. The maximum Gasteiger partial charge on any atom is 0.187 e. The first-order valence-corrected chi connectivity index (χ1v) is 28.0. The normalized spacial score (nSPS) is 13.2. The van der Waals surface area contributed by atoms with Gasteiger partial charge in [-0.1, -0.05) is 222 Å².